The van der Waals surface area contributed by atoms with Gasteiger partial charge in [0.2, 0.25) is 5.90 Å². The van der Waals surface area contributed by atoms with E-state index in [1.165, 1.54) is 12.0 Å². The normalized spacial score (nSPS) is 27.0. The lowest BCUT2D eigenvalue weighted by atomic mass is 10.1. The van der Waals surface area contributed by atoms with Gasteiger partial charge in [-0.25, -0.2) is 0 Å². The zero-order valence-electron chi connectivity index (χ0n) is 10.3. The summed E-state index contributed by atoms with van der Waals surface area (Å²) >= 11 is 0. The van der Waals surface area contributed by atoms with Crippen molar-refractivity contribution < 1.29 is 9.84 Å². The number of hydrogen-bond acceptors (Lipinski definition) is 4. The third-order valence-corrected chi connectivity index (χ3v) is 3.50. The number of nitrogens with one attached hydrogen (secondary N) is 1. The largest absolute Gasteiger partial charge is 0.508 e. The van der Waals surface area contributed by atoms with Gasteiger partial charge >= 0.3 is 0 Å². The van der Waals surface area contributed by atoms with E-state index >= 15 is 0 Å². The summed E-state index contributed by atoms with van der Waals surface area (Å²) in [6.07, 6.45) is 3.33. The standard InChI is InChI=1S/C14H18N2O2/c17-11-5-3-10(4-6-11)8-12-9-16-14(18-12)13-2-1-7-15-13/h3-6,12-13,15,17H,1-2,7-9H2. The van der Waals surface area contributed by atoms with E-state index in [1.54, 1.807) is 12.1 Å². The first kappa shape index (κ1) is 11.5. The minimum absolute atomic E-state index is 0.145. The van der Waals surface area contributed by atoms with Crippen LogP contribution in [0.3, 0.4) is 0 Å². The van der Waals surface area contributed by atoms with Crippen molar-refractivity contribution in [3.8, 4) is 5.75 Å². The molecule has 1 aromatic rings. The summed E-state index contributed by atoms with van der Waals surface area (Å²) in [6.45, 7) is 1.81. The van der Waals surface area contributed by atoms with Crippen LogP contribution in [0, 0.1) is 0 Å². The molecule has 0 radical (unpaired) electrons. The second-order valence-electron chi connectivity index (χ2n) is 4.94. The average Bonchev–Trinajstić information content (AvgIpc) is 3.02. The number of phenols is 1. The second-order valence-corrected chi connectivity index (χ2v) is 4.94. The van der Waals surface area contributed by atoms with Gasteiger partial charge in [0.25, 0.3) is 0 Å². The summed E-state index contributed by atoms with van der Waals surface area (Å²) in [6, 6.07) is 7.62. The Labute approximate surface area is 107 Å². The highest BCUT2D eigenvalue weighted by molar-refractivity contribution is 5.83. The first-order valence-corrected chi connectivity index (χ1v) is 6.53. The maximum atomic E-state index is 9.24. The quantitative estimate of drug-likeness (QED) is 0.849. The molecule has 0 aliphatic carbocycles. The Morgan fingerprint density at radius 1 is 1.33 bits per heavy atom. The number of benzene rings is 1. The van der Waals surface area contributed by atoms with Crippen LogP contribution in [0.1, 0.15) is 18.4 Å². The molecule has 2 N–H and O–H groups in total. The molecule has 0 aromatic heterocycles. The van der Waals surface area contributed by atoms with Crippen LogP contribution in [0.5, 0.6) is 5.75 Å². The maximum Gasteiger partial charge on any atom is 0.201 e. The molecule has 0 amide bonds. The molecule has 0 bridgehead atoms. The molecular formula is C14H18N2O2. The van der Waals surface area contributed by atoms with Gasteiger partial charge in [0, 0.05) is 6.42 Å². The molecule has 3 rings (SSSR count). The minimum Gasteiger partial charge on any atom is -0.508 e. The Morgan fingerprint density at radius 3 is 2.89 bits per heavy atom. The SMILES string of the molecule is Oc1ccc(CC2CN=C(C3CCCN3)O2)cc1. The van der Waals surface area contributed by atoms with Gasteiger partial charge in [0.1, 0.15) is 11.9 Å². The molecule has 96 valence electrons. The molecule has 18 heavy (non-hydrogen) atoms. The zero-order valence-corrected chi connectivity index (χ0v) is 10.3. The van der Waals surface area contributed by atoms with E-state index in [-0.39, 0.29) is 6.10 Å². The molecule has 0 saturated carbocycles. The van der Waals surface area contributed by atoms with E-state index in [0.717, 1.165) is 31.8 Å². The van der Waals surface area contributed by atoms with E-state index in [9.17, 15) is 5.11 Å². The van der Waals surface area contributed by atoms with Gasteiger partial charge in [-0.3, -0.25) is 4.99 Å². The van der Waals surface area contributed by atoms with Gasteiger partial charge in [-0.05, 0) is 37.1 Å². The fourth-order valence-corrected chi connectivity index (χ4v) is 2.53. The molecule has 2 aliphatic rings. The molecule has 1 aromatic carbocycles. The molecular weight excluding hydrogens is 228 g/mol. The number of aliphatic imine (C=N–C) groups is 1. The van der Waals surface area contributed by atoms with Crippen LogP contribution in [0.15, 0.2) is 29.3 Å². The van der Waals surface area contributed by atoms with E-state index < -0.39 is 0 Å². The molecule has 0 spiro atoms. The van der Waals surface area contributed by atoms with Crippen molar-refractivity contribution in [2.24, 2.45) is 4.99 Å². The third-order valence-electron chi connectivity index (χ3n) is 3.50. The second kappa shape index (κ2) is 4.98. The third kappa shape index (κ3) is 2.48. The topological polar surface area (TPSA) is 53.9 Å². The van der Waals surface area contributed by atoms with E-state index in [0.29, 0.717) is 11.8 Å². The molecule has 2 heterocycles. The highest BCUT2D eigenvalue weighted by Gasteiger charge is 2.28. The highest BCUT2D eigenvalue weighted by atomic mass is 16.5. The van der Waals surface area contributed by atoms with Crippen LogP contribution in [0.25, 0.3) is 0 Å². The number of hydrogen-bond donors (Lipinski definition) is 2. The van der Waals surface area contributed by atoms with Gasteiger partial charge in [0.05, 0.1) is 12.6 Å². The maximum absolute atomic E-state index is 9.24. The Kier molecular flexibility index (Phi) is 3.19. The first-order chi connectivity index (χ1) is 8.81. The minimum atomic E-state index is 0.145. The highest BCUT2D eigenvalue weighted by Crippen LogP contribution is 2.18. The predicted molar refractivity (Wildman–Crippen MR) is 70.0 cm³/mol. The van der Waals surface area contributed by atoms with Crippen molar-refractivity contribution in [1.29, 1.82) is 0 Å². The fraction of sp³-hybridized carbons (Fsp3) is 0.500. The number of aromatic hydroxyl groups is 1. The predicted octanol–water partition coefficient (Wildman–Crippen LogP) is 1.48. The van der Waals surface area contributed by atoms with E-state index in [1.807, 2.05) is 12.1 Å². The van der Waals surface area contributed by atoms with Crippen LogP contribution in [0.4, 0.5) is 0 Å². The molecule has 4 heteroatoms. The van der Waals surface area contributed by atoms with Crippen LogP contribution in [0.2, 0.25) is 0 Å². The van der Waals surface area contributed by atoms with Gasteiger partial charge in [-0.1, -0.05) is 12.1 Å². The number of rotatable bonds is 3. The molecule has 4 nitrogen and oxygen atoms in total. The average molecular weight is 246 g/mol. The van der Waals surface area contributed by atoms with Crippen molar-refractivity contribution in [3.63, 3.8) is 0 Å². The summed E-state index contributed by atoms with van der Waals surface area (Å²) in [5.41, 5.74) is 1.17. The van der Waals surface area contributed by atoms with E-state index in [4.69, 9.17) is 4.74 Å². The van der Waals surface area contributed by atoms with Gasteiger partial charge in [-0.2, -0.15) is 0 Å². The summed E-state index contributed by atoms with van der Waals surface area (Å²) in [5, 5.41) is 12.6. The van der Waals surface area contributed by atoms with Gasteiger partial charge in [0.15, 0.2) is 0 Å². The van der Waals surface area contributed by atoms with Crippen molar-refractivity contribution in [2.45, 2.75) is 31.4 Å². The van der Waals surface area contributed by atoms with Crippen LogP contribution in [-0.2, 0) is 11.2 Å². The lowest BCUT2D eigenvalue weighted by Crippen LogP contribution is -2.32. The zero-order chi connectivity index (χ0) is 12.4. The monoisotopic (exact) mass is 246 g/mol. The molecule has 1 fully saturated rings. The summed E-state index contributed by atoms with van der Waals surface area (Å²) in [7, 11) is 0. The van der Waals surface area contributed by atoms with Crippen LogP contribution in [-0.4, -0.2) is 36.2 Å². The van der Waals surface area contributed by atoms with Crippen LogP contribution < -0.4 is 5.32 Å². The Bertz CT molecular complexity index is 436. The summed E-state index contributed by atoms with van der Waals surface area (Å²) in [5.74, 6) is 1.19. The fourth-order valence-electron chi connectivity index (χ4n) is 2.53. The van der Waals surface area contributed by atoms with Crippen molar-refractivity contribution in [1.82, 2.24) is 5.32 Å². The number of ether oxygens (including phenoxy) is 1. The molecule has 2 atom stereocenters. The van der Waals surface area contributed by atoms with Gasteiger partial charge in [-0.15, -0.1) is 0 Å². The lowest BCUT2D eigenvalue weighted by Gasteiger charge is -2.14. The number of phenolic OH excluding ortho intramolecular Hbond substituents is 1. The smallest absolute Gasteiger partial charge is 0.201 e. The summed E-state index contributed by atoms with van der Waals surface area (Å²) < 4.78 is 5.90. The number of nitrogens with zero attached hydrogens (tertiary/aromatic N) is 1. The van der Waals surface area contributed by atoms with Crippen molar-refractivity contribution >= 4 is 5.90 Å². The first-order valence-electron chi connectivity index (χ1n) is 6.53. The van der Waals surface area contributed by atoms with Crippen molar-refractivity contribution in [2.75, 3.05) is 13.1 Å². The van der Waals surface area contributed by atoms with Crippen molar-refractivity contribution in [3.05, 3.63) is 29.8 Å². The summed E-state index contributed by atoms with van der Waals surface area (Å²) in [4.78, 5) is 4.50. The molecule has 2 aliphatic heterocycles. The van der Waals surface area contributed by atoms with Crippen LogP contribution >= 0.6 is 0 Å². The molecule has 2 unspecified atom stereocenters. The van der Waals surface area contributed by atoms with Gasteiger partial charge < -0.3 is 15.2 Å². The lowest BCUT2D eigenvalue weighted by molar-refractivity contribution is 0.214. The Morgan fingerprint density at radius 2 is 2.17 bits per heavy atom. The Hall–Kier alpha value is -1.55. The molecule has 1 saturated heterocycles. The Balaban J connectivity index is 1.55. The van der Waals surface area contributed by atoms with E-state index in [2.05, 4.69) is 10.3 Å².